The van der Waals surface area contributed by atoms with Gasteiger partial charge in [-0.3, -0.25) is 4.79 Å². The number of ether oxygens (including phenoxy) is 1. The van der Waals surface area contributed by atoms with Gasteiger partial charge in [-0.1, -0.05) is 41.0 Å². The Morgan fingerprint density at radius 3 is 2.41 bits per heavy atom. The average Bonchev–Trinajstić information content (AvgIpc) is 3.01. The second-order valence-electron chi connectivity index (χ2n) is 10.7. The highest BCUT2D eigenvalue weighted by Gasteiger charge is 2.36. The molecule has 9 nitrogen and oxygen atoms in total. The molecule has 0 radical (unpaired) electrons. The molecule has 0 saturated carbocycles. The molecular formula is C31H33ClF2N4O5S. The summed E-state index contributed by atoms with van der Waals surface area (Å²) in [6.45, 7) is 0.448. The van der Waals surface area contributed by atoms with Crippen LogP contribution in [0.2, 0.25) is 5.02 Å². The van der Waals surface area contributed by atoms with Crippen molar-refractivity contribution in [2.75, 3.05) is 19.8 Å². The zero-order chi connectivity index (χ0) is 31.7. The highest BCUT2D eigenvalue weighted by Crippen LogP contribution is 2.38. The van der Waals surface area contributed by atoms with Gasteiger partial charge in [0.2, 0.25) is 10.0 Å². The first-order valence-electron chi connectivity index (χ1n) is 14.2. The Bertz CT molecular complexity index is 1580. The SMILES string of the molecule is [N-]=[N+]=N[C@H](C(=O)Cc1cccc(F)c1CC[C@@H](CO)NS(=O)(=O)c1ccc(F)cc1)[C@@H](c1ccc(Cl)cc1)C1CCOCC1. The number of azide groups is 1. The van der Waals surface area contributed by atoms with Gasteiger partial charge in [-0.25, -0.2) is 21.9 Å². The van der Waals surface area contributed by atoms with E-state index < -0.39 is 52.0 Å². The van der Waals surface area contributed by atoms with Crippen molar-refractivity contribution in [1.29, 1.82) is 0 Å². The lowest BCUT2D eigenvalue weighted by atomic mass is 9.75. The van der Waals surface area contributed by atoms with Gasteiger partial charge in [-0.05, 0) is 96.3 Å². The number of aliphatic hydroxyl groups excluding tert-OH is 1. The molecule has 3 atom stereocenters. The van der Waals surface area contributed by atoms with Gasteiger partial charge in [0.25, 0.3) is 0 Å². The van der Waals surface area contributed by atoms with Crippen molar-refractivity contribution < 1.29 is 31.8 Å². The molecule has 3 aromatic carbocycles. The summed E-state index contributed by atoms with van der Waals surface area (Å²) in [5.41, 5.74) is 10.8. The lowest BCUT2D eigenvalue weighted by molar-refractivity contribution is -0.120. The lowest BCUT2D eigenvalue weighted by Crippen LogP contribution is -2.38. The molecule has 3 aromatic rings. The zero-order valence-electron chi connectivity index (χ0n) is 23.8. The van der Waals surface area contributed by atoms with Crippen LogP contribution in [0.25, 0.3) is 10.4 Å². The number of rotatable bonds is 14. The van der Waals surface area contributed by atoms with Gasteiger partial charge in [0, 0.05) is 41.5 Å². The summed E-state index contributed by atoms with van der Waals surface area (Å²) in [7, 11) is -4.09. The number of carbonyl (C=O) groups is 1. The fourth-order valence-corrected chi connectivity index (χ4v) is 7.00. The monoisotopic (exact) mass is 646 g/mol. The zero-order valence-corrected chi connectivity index (χ0v) is 25.4. The van der Waals surface area contributed by atoms with Crippen molar-refractivity contribution in [3.05, 3.63) is 111 Å². The molecule has 234 valence electrons. The van der Waals surface area contributed by atoms with E-state index in [1.165, 1.54) is 12.1 Å². The molecule has 0 aliphatic carbocycles. The van der Waals surface area contributed by atoms with Crippen LogP contribution in [0.3, 0.4) is 0 Å². The number of nitrogens with zero attached hydrogens (tertiary/aromatic N) is 3. The summed E-state index contributed by atoms with van der Waals surface area (Å²) in [5.74, 6) is -2.03. The molecule has 1 aliphatic heterocycles. The van der Waals surface area contributed by atoms with E-state index in [0.29, 0.717) is 36.6 Å². The van der Waals surface area contributed by atoms with Gasteiger partial charge in [0.05, 0.1) is 11.5 Å². The van der Waals surface area contributed by atoms with E-state index in [1.54, 1.807) is 18.2 Å². The topological polar surface area (TPSA) is 141 Å². The Hall–Kier alpha value is -3.38. The Morgan fingerprint density at radius 2 is 1.77 bits per heavy atom. The molecular weight excluding hydrogens is 614 g/mol. The van der Waals surface area contributed by atoms with Crippen molar-refractivity contribution in [2.45, 2.75) is 55.0 Å². The van der Waals surface area contributed by atoms with Crippen molar-refractivity contribution in [2.24, 2.45) is 11.0 Å². The van der Waals surface area contributed by atoms with Crippen LogP contribution in [0, 0.1) is 17.6 Å². The first kappa shape index (κ1) is 33.5. The summed E-state index contributed by atoms with van der Waals surface area (Å²) in [4.78, 5) is 16.7. The van der Waals surface area contributed by atoms with Gasteiger partial charge in [0.15, 0.2) is 0 Å². The number of hydrogen-bond acceptors (Lipinski definition) is 6. The maximum absolute atomic E-state index is 15.1. The smallest absolute Gasteiger partial charge is 0.240 e. The quantitative estimate of drug-likeness (QED) is 0.128. The van der Waals surface area contributed by atoms with Crippen LogP contribution >= 0.6 is 11.6 Å². The van der Waals surface area contributed by atoms with Crippen molar-refractivity contribution in [3.63, 3.8) is 0 Å². The standard InChI is InChI=1S/C31H33ClF2N4O5S/c32-23-6-4-20(5-7-23)30(21-14-16-43-17-15-21)31(36-38-35)29(40)18-22-2-1-3-28(34)27(22)13-10-25(19-39)37-44(41,42)26-11-8-24(33)9-12-26/h1-9,11-12,21,25,30-31,37,39H,10,13-19H2/t25-,30-,31+/m0/s1. The molecule has 0 aromatic heterocycles. The summed E-state index contributed by atoms with van der Waals surface area (Å²) in [5, 5.41) is 14.3. The maximum Gasteiger partial charge on any atom is 0.240 e. The van der Waals surface area contributed by atoms with Gasteiger partial charge in [-0.15, -0.1) is 0 Å². The fourth-order valence-electron chi connectivity index (χ4n) is 5.61. The van der Waals surface area contributed by atoms with Crippen molar-refractivity contribution >= 4 is 27.4 Å². The van der Waals surface area contributed by atoms with Crippen molar-refractivity contribution in [3.8, 4) is 0 Å². The molecule has 1 saturated heterocycles. The minimum atomic E-state index is -4.09. The summed E-state index contributed by atoms with van der Waals surface area (Å²) >= 11 is 6.11. The molecule has 0 spiro atoms. The highest BCUT2D eigenvalue weighted by atomic mass is 35.5. The molecule has 0 unspecified atom stereocenters. The van der Waals surface area contributed by atoms with Crippen LogP contribution in [0.15, 0.2) is 76.7 Å². The minimum Gasteiger partial charge on any atom is -0.395 e. The van der Waals surface area contributed by atoms with Crippen molar-refractivity contribution in [1.82, 2.24) is 4.72 Å². The molecule has 1 aliphatic rings. The van der Waals surface area contributed by atoms with Crippen LogP contribution in [0.5, 0.6) is 0 Å². The van der Waals surface area contributed by atoms with Gasteiger partial charge in [0.1, 0.15) is 23.5 Å². The number of nitrogens with one attached hydrogen (secondary N) is 1. The van der Waals surface area contributed by atoms with Crippen LogP contribution in [-0.4, -0.2) is 51.2 Å². The number of ketones is 1. The van der Waals surface area contributed by atoms with E-state index in [2.05, 4.69) is 14.7 Å². The van der Waals surface area contributed by atoms with E-state index >= 15 is 4.39 Å². The summed E-state index contributed by atoms with van der Waals surface area (Å²) < 4.78 is 61.8. The number of carbonyl (C=O) groups excluding carboxylic acids is 1. The highest BCUT2D eigenvalue weighted by molar-refractivity contribution is 7.89. The predicted molar refractivity (Wildman–Crippen MR) is 162 cm³/mol. The molecule has 0 amide bonds. The van der Waals surface area contributed by atoms with E-state index in [0.717, 1.165) is 29.8 Å². The van der Waals surface area contributed by atoms with Gasteiger partial charge in [-0.2, -0.15) is 0 Å². The largest absolute Gasteiger partial charge is 0.395 e. The second-order valence-corrected chi connectivity index (χ2v) is 12.8. The number of aliphatic hydroxyl groups is 1. The molecule has 4 rings (SSSR count). The third-order valence-corrected chi connectivity index (χ3v) is 9.65. The molecule has 2 N–H and O–H groups in total. The predicted octanol–water partition coefficient (Wildman–Crippen LogP) is 5.89. The van der Waals surface area contributed by atoms with Gasteiger partial charge >= 0.3 is 0 Å². The lowest BCUT2D eigenvalue weighted by Gasteiger charge is -2.34. The first-order valence-corrected chi connectivity index (χ1v) is 16.0. The number of Topliss-reactive ketones (excluding diaryl/α,β-unsaturated/α-hetero) is 1. The number of sulfonamides is 1. The third kappa shape index (κ3) is 8.62. The van der Waals surface area contributed by atoms with E-state index in [4.69, 9.17) is 16.3 Å². The van der Waals surface area contributed by atoms with Crippen LogP contribution in [-0.2, 0) is 32.4 Å². The number of hydrogen-bond donors (Lipinski definition) is 2. The second kappa shape index (κ2) is 15.6. The van der Waals surface area contributed by atoms with E-state index in [9.17, 15) is 28.2 Å². The minimum absolute atomic E-state index is 0.000781. The van der Waals surface area contributed by atoms with Crippen LogP contribution in [0.4, 0.5) is 8.78 Å². The normalized spacial score (nSPS) is 16.1. The summed E-state index contributed by atoms with van der Waals surface area (Å²) in [6.07, 6.45) is 1.11. The third-order valence-electron chi connectivity index (χ3n) is 7.86. The Kier molecular flexibility index (Phi) is 11.9. The first-order chi connectivity index (χ1) is 21.1. The Morgan fingerprint density at radius 1 is 1.09 bits per heavy atom. The number of halogens is 3. The maximum atomic E-state index is 15.1. The van der Waals surface area contributed by atoms with Crippen LogP contribution in [0.1, 0.15) is 41.9 Å². The fraction of sp³-hybridized carbons (Fsp3) is 0.387. The Labute approximate surface area is 259 Å². The molecule has 0 bridgehead atoms. The summed E-state index contributed by atoms with van der Waals surface area (Å²) in [6, 6.07) is 13.5. The molecule has 13 heteroatoms. The average molecular weight is 647 g/mol. The number of benzene rings is 3. The molecule has 1 heterocycles. The van der Waals surface area contributed by atoms with Crippen LogP contribution < -0.4 is 4.72 Å². The van der Waals surface area contributed by atoms with E-state index in [1.807, 2.05) is 12.1 Å². The Balaban J connectivity index is 1.55. The van der Waals surface area contributed by atoms with Gasteiger partial charge < -0.3 is 9.84 Å². The molecule has 1 fully saturated rings. The van der Waals surface area contributed by atoms with E-state index in [-0.39, 0.29) is 35.6 Å². The molecule has 44 heavy (non-hydrogen) atoms.